The van der Waals surface area contributed by atoms with Crippen molar-refractivity contribution in [3.8, 4) is 0 Å². The lowest BCUT2D eigenvalue weighted by atomic mass is 10.1. The van der Waals surface area contributed by atoms with E-state index in [9.17, 15) is 14.9 Å². The average molecular weight is 391 g/mol. The lowest BCUT2D eigenvalue weighted by Crippen LogP contribution is -2.36. The predicted molar refractivity (Wildman–Crippen MR) is 105 cm³/mol. The molecule has 1 aliphatic heterocycles. The van der Waals surface area contributed by atoms with Gasteiger partial charge in [0.1, 0.15) is 0 Å². The number of nitro benzene ring substituents is 1. The van der Waals surface area contributed by atoms with Crippen molar-refractivity contribution in [3.63, 3.8) is 0 Å². The number of hydrogen-bond donors (Lipinski definition) is 2. The topological polar surface area (TPSA) is 96.7 Å². The number of nitrogens with one attached hydrogen (secondary N) is 2. The van der Waals surface area contributed by atoms with Gasteiger partial charge in [-0.2, -0.15) is 0 Å². The zero-order valence-electron chi connectivity index (χ0n) is 14.7. The van der Waals surface area contributed by atoms with E-state index in [1.54, 1.807) is 19.2 Å². The van der Waals surface area contributed by atoms with Gasteiger partial charge in [-0.1, -0.05) is 11.6 Å². The molecular weight excluding hydrogens is 372 g/mol. The lowest BCUT2D eigenvalue weighted by Gasteiger charge is -2.30. The fourth-order valence-corrected chi connectivity index (χ4v) is 3.10. The summed E-state index contributed by atoms with van der Waals surface area (Å²) in [7, 11) is 1.65. The molecule has 0 aliphatic carbocycles. The first-order chi connectivity index (χ1) is 13.0. The highest BCUT2D eigenvalue weighted by Crippen LogP contribution is 2.31. The van der Waals surface area contributed by atoms with Gasteiger partial charge >= 0.3 is 0 Å². The second kappa shape index (κ2) is 8.24. The number of benzene rings is 2. The van der Waals surface area contributed by atoms with E-state index in [4.69, 9.17) is 16.3 Å². The Bertz CT molecular complexity index is 868. The maximum atomic E-state index is 12.9. The Morgan fingerprint density at radius 1 is 1.19 bits per heavy atom. The van der Waals surface area contributed by atoms with Crippen LogP contribution in [0.5, 0.6) is 0 Å². The molecule has 1 heterocycles. The van der Waals surface area contributed by atoms with Gasteiger partial charge in [0.15, 0.2) is 0 Å². The summed E-state index contributed by atoms with van der Waals surface area (Å²) >= 11 is 6.11. The van der Waals surface area contributed by atoms with E-state index in [0.29, 0.717) is 42.7 Å². The van der Waals surface area contributed by atoms with Crippen LogP contribution in [-0.2, 0) is 4.74 Å². The highest BCUT2D eigenvalue weighted by atomic mass is 35.5. The van der Waals surface area contributed by atoms with E-state index < -0.39 is 10.8 Å². The van der Waals surface area contributed by atoms with E-state index >= 15 is 0 Å². The van der Waals surface area contributed by atoms with Gasteiger partial charge in [-0.25, -0.2) is 0 Å². The second-order valence-electron chi connectivity index (χ2n) is 5.95. The molecule has 1 aliphatic rings. The summed E-state index contributed by atoms with van der Waals surface area (Å²) in [6, 6.07) is 9.37. The maximum absolute atomic E-state index is 12.9. The maximum Gasteiger partial charge on any atom is 0.270 e. The first-order valence-electron chi connectivity index (χ1n) is 8.39. The minimum absolute atomic E-state index is 0.154. The Morgan fingerprint density at radius 3 is 2.59 bits per heavy atom. The molecule has 2 N–H and O–H groups in total. The SMILES string of the molecule is CNc1ccc([N+](=O)[O-])cc1C(=O)Nc1cc(Cl)ccc1N1CCOCC1. The summed E-state index contributed by atoms with van der Waals surface area (Å²) in [5.74, 6) is -0.458. The molecule has 142 valence electrons. The van der Waals surface area contributed by atoms with E-state index in [0.717, 1.165) is 5.69 Å². The molecule has 0 radical (unpaired) electrons. The Morgan fingerprint density at radius 2 is 1.93 bits per heavy atom. The molecular formula is C18H19ClN4O4. The fourth-order valence-electron chi connectivity index (χ4n) is 2.93. The van der Waals surface area contributed by atoms with Crippen molar-refractivity contribution in [3.05, 3.63) is 57.1 Å². The molecule has 3 rings (SSSR count). The quantitative estimate of drug-likeness (QED) is 0.600. The Kier molecular flexibility index (Phi) is 5.78. The summed E-state index contributed by atoms with van der Waals surface area (Å²) in [6.45, 7) is 2.60. The van der Waals surface area contributed by atoms with Gasteiger partial charge < -0.3 is 20.3 Å². The smallest absolute Gasteiger partial charge is 0.270 e. The minimum atomic E-state index is -0.533. The van der Waals surface area contributed by atoms with Crippen LogP contribution in [0.3, 0.4) is 0 Å². The predicted octanol–water partition coefficient (Wildman–Crippen LogP) is 3.38. The second-order valence-corrected chi connectivity index (χ2v) is 6.39. The molecule has 0 spiro atoms. The van der Waals surface area contributed by atoms with E-state index in [2.05, 4.69) is 15.5 Å². The molecule has 27 heavy (non-hydrogen) atoms. The standard InChI is InChI=1S/C18H19ClN4O4/c1-20-15-4-3-13(23(25)26)11-14(15)18(24)21-16-10-12(19)2-5-17(16)22-6-8-27-9-7-22/h2-5,10-11,20H,6-9H2,1H3,(H,21,24). The van der Waals surface area contributed by atoms with E-state index in [1.165, 1.54) is 18.2 Å². The molecule has 1 fully saturated rings. The summed E-state index contributed by atoms with van der Waals surface area (Å²) in [5.41, 5.74) is 1.89. The van der Waals surface area contributed by atoms with Crippen LogP contribution >= 0.6 is 11.6 Å². The van der Waals surface area contributed by atoms with Crippen LogP contribution in [0.4, 0.5) is 22.7 Å². The van der Waals surface area contributed by atoms with E-state index in [1.807, 2.05) is 6.07 Å². The number of halogens is 1. The molecule has 9 heteroatoms. The molecule has 2 aromatic rings. The molecule has 0 unspecified atom stereocenters. The van der Waals surface area contributed by atoms with Crippen LogP contribution in [0.15, 0.2) is 36.4 Å². The Balaban J connectivity index is 1.93. The minimum Gasteiger partial charge on any atom is -0.387 e. The Labute approximate surface area is 161 Å². The van der Waals surface area contributed by atoms with Crippen molar-refractivity contribution in [2.24, 2.45) is 0 Å². The summed E-state index contributed by atoms with van der Waals surface area (Å²) < 4.78 is 5.37. The number of morpholine rings is 1. The number of carbonyl (C=O) groups is 1. The van der Waals surface area contributed by atoms with Crippen LogP contribution in [0.2, 0.25) is 5.02 Å². The van der Waals surface area contributed by atoms with Crippen LogP contribution in [0, 0.1) is 10.1 Å². The highest BCUT2D eigenvalue weighted by Gasteiger charge is 2.20. The van der Waals surface area contributed by atoms with Gasteiger partial charge in [-0.05, 0) is 24.3 Å². The van der Waals surface area contributed by atoms with Crippen molar-refractivity contribution in [1.29, 1.82) is 0 Å². The third-order valence-corrected chi connectivity index (χ3v) is 4.52. The average Bonchev–Trinajstić information content (AvgIpc) is 2.68. The normalized spacial score (nSPS) is 13.9. The molecule has 1 saturated heterocycles. The molecule has 0 saturated carbocycles. The van der Waals surface area contributed by atoms with Crippen molar-refractivity contribution >= 4 is 40.3 Å². The van der Waals surface area contributed by atoms with E-state index in [-0.39, 0.29) is 11.3 Å². The number of anilines is 3. The van der Waals surface area contributed by atoms with Crippen molar-refractivity contribution in [2.75, 3.05) is 48.9 Å². The number of ether oxygens (including phenoxy) is 1. The first-order valence-corrected chi connectivity index (χ1v) is 8.77. The molecule has 8 nitrogen and oxygen atoms in total. The number of non-ortho nitro benzene ring substituents is 1. The van der Waals surface area contributed by atoms with Gasteiger partial charge in [-0.15, -0.1) is 0 Å². The summed E-state index contributed by atoms with van der Waals surface area (Å²) in [4.78, 5) is 25.5. The number of nitro groups is 1. The van der Waals surface area contributed by atoms with Crippen molar-refractivity contribution in [2.45, 2.75) is 0 Å². The van der Waals surface area contributed by atoms with Gasteiger partial charge in [0.2, 0.25) is 0 Å². The third-order valence-electron chi connectivity index (χ3n) is 4.29. The number of carbonyl (C=O) groups excluding carboxylic acids is 1. The van der Waals surface area contributed by atoms with Crippen molar-refractivity contribution in [1.82, 2.24) is 0 Å². The van der Waals surface area contributed by atoms with Gasteiger partial charge in [0.25, 0.3) is 11.6 Å². The zero-order chi connectivity index (χ0) is 19.4. The molecule has 1 amide bonds. The number of nitrogens with zero attached hydrogens (tertiary/aromatic N) is 2. The van der Waals surface area contributed by atoms with Crippen molar-refractivity contribution < 1.29 is 14.5 Å². The largest absolute Gasteiger partial charge is 0.387 e. The van der Waals surface area contributed by atoms with Crippen LogP contribution in [-0.4, -0.2) is 44.2 Å². The number of hydrogen-bond acceptors (Lipinski definition) is 6. The van der Waals surface area contributed by atoms with Crippen LogP contribution in [0.25, 0.3) is 0 Å². The number of amides is 1. The monoisotopic (exact) mass is 390 g/mol. The third kappa shape index (κ3) is 4.29. The zero-order valence-corrected chi connectivity index (χ0v) is 15.5. The molecule has 0 atom stereocenters. The van der Waals surface area contributed by atoms with Gasteiger partial charge in [0, 0.05) is 43.0 Å². The molecule has 0 aromatic heterocycles. The fraction of sp³-hybridized carbons (Fsp3) is 0.278. The molecule has 2 aromatic carbocycles. The Hall–Kier alpha value is -2.84. The van der Waals surface area contributed by atoms with Crippen LogP contribution < -0.4 is 15.5 Å². The first kappa shape index (κ1) is 18.9. The number of rotatable bonds is 5. The van der Waals surface area contributed by atoms with Crippen LogP contribution in [0.1, 0.15) is 10.4 Å². The van der Waals surface area contributed by atoms with Gasteiger partial charge in [-0.3, -0.25) is 14.9 Å². The summed E-state index contributed by atoms with van der Waals surface area (Å²) in [6.07, 6.45) is 0. The lowest BCUT2D eigenvalue weighted by molar-refractivity contribution is -0.384. The highest BCUT2D eigenvalue weighted by molar-refractivity contribution is 6.31. The summed E-state index contributed by atoms with van der Waals surface area (Å²) in [5, 5.41) is 17.3. The molecule has 0 bridgehead atoms. The van der Waals surface area contributed by atoms with Gasteiger partial charge in [0.05, 0.1) is 35.1 Å².